The Labute approximate surface area is 88.8 Å². The normalized spacial score (nSPS) is 31.1. The summed E-state index contributed by atoms with van der Waals surface area (Å²) in [6.07, 6.45) is 1.14. The van der Waals surface area contributed by atoms with Gasteiger partial charge < -0.3 is 5.73 Å². The van der Waals surface area contributed by atoms with Crippen molar-refractivity contribution in [2.24, 2.45) is 11.1 Å². The predicted octanol–water partition coefficient (Wildman–Crippen LogP) is 2.23. The summed E-state index contributed by atoms with van der Waals surface area (Å²) in [4.78, 5) is 2.57. The van der Waals surface area contributed by atoms with Crippen LogP contribution in [0.1, 0.15) is 48.0 Å². The number of hydrogen-bond acceptors (Lipinski definition) is 2. The van der Waals surface area contributed by atoms with Gasteiger partial charge in [-0.3, -0.25) is 4.90 Å². The van der Waals surface area contributed by atoms with Gasteiger partial charge in [0, 0.05) is 24.2 Å². The van der Waals surface area contributed by atoms with Crippen LogP contribution in [-0.4, -0.2) is 29.1 Å². The maximum atomic E-state index is 6.21. The molecular formula is C12H26N2. The lowest BCUT2D eigenvalue weighted by molar-refractivity contribution is 0.0520. The fraction of sp³-hybridized carbons (Fsp3) is 1.00. The van der Waals surface area contributed by atoms with Crippen molar-refractivity contribution in [1.82, 2.24) is 4.90 Å². The molecule has 0 saturated carbocycles. The molecule has 2 N–H and O–H groups in total. The Morgan fingerprint density at radius 3 is 1.86 bits per heavy atom. The molecule has 0 aliphatic carbocycles. The molecule has 0 radical (unpaired) electrons. The van der Waals surface area contributed by atoms with Crippen molar-refractivity contribution in [2.45, 2.75) is 65.6 Å². The van der Waals surface area contributed by atoms with Gasteiger partial charge in [0.05, 0.1) is 0 Å². The van der Waals surface area contributed by atoms with Crippen molar-refractivity contribution in [1.29, 1.82) is 0 Å². The van der Waals surface area contributed by atoms with Crippen molar-refractivity contribution < 1.29 is 0 Å². The summed E-state index contributed by atoms with van der Waals surface area (Å²) in [6.45, 7) is 14.9. The average molecular weight is 198 g/mol. The number of nitrogens with two attached hydrogens (primary N) is 1. The van der Waals surface area contributed by atoms with Gasteiger partial charge in [0.15, 0.2) is 0 Å². The third kappa shape index (κ3) is 2.29. The Hall–Kier alpha value is -0.0800. The molecule has 0 aromatic heterocycles. The first kappa shape index (κ1) is 12.0. The third-order valence-electron chi connectivity index (χ3n) is 3.19. The SMILES string of the molecule is CC(C)(C)[C@@H]1[C@H](N)CCN1C(C)(C)C. The lowest BCUT2D eigenvalue weighted by Crippen LogP contribution is -2.54. The van der Waals surface area contributed by atoms with Crippen molar-refractivity contribution >= 4 is 0 Å². The standard InChI is InChI=1S/C12H26N2/c1-11(2,3)10-9(13)7-8-14(10)12(4,5)6/h9-10H,7-8,13H2,1-6H3/t9-,10+/m1/s1. The van der Waals surface area contributed by atoms with E-state index >= 15 is 0 Å². The van der Waals surface area contributed by atoms with Crippen molar-refractivity contribution in [3.8, 4) is 0 Å². The first-order valence-electron chi connectivity index (χ1n) is 5.66. The van der Waals surface area contributed by atoms with Crippen LogP contribution in [0.4, 0.5) is 0 Å². The zero-order valence-corrected chi connectivity index (χ0v) is 10.6. The largest absolute Gasteiger partial charge is 0.326 e. The summed E-state index contributed by atoms with van der Waals surface area (Å²) < 4.78 is 0. The van der Waals surface area contributed by atoms with Gasteiger partial charge in [-0.2, -0.15) is 0 Å². The van der Waals surface area contributed by atoms with Crippen molar-refractivity contribution in [2.75, 3.05) is 6.54 Å². The first-order chi connectivity index (χ1) is 6.14. The van der Waals surface area contributed by atoms with Crippen LogP contribution in [0.3, 0.4) is 0 Å². The van der Waals surface area contributed by atoms with E-state index in [2.05, 4.69) is 46.4 Å². The Kier molecular flexibility index (Phi) is 2.99. The molecule has 0 aromatic carbocycles. The monoisotopic (exact) mass is 198 g/mol. The Morgan fingerprint density at radius 2 is 1.57 bits per heavy atom. The molecule has 2 atom stereocenters. The van der Waals surface area contributed by atoms with E-state index in [0.717, 1.165) is 13.0 Å². The van der Waals surface area contributed by atoms with E-state index in [0.29, 0.717) is 12.1 Å². The van der Waals surface area contributed by atoms with Gasteiger partial charge in [-0.25, -0.2) is 0 Å². The predicted molar refractivity (Wildman–Crippen MR) is 62.3 cm³/mol. The van der Waals surface area contributed by atoms with Gasteiger partial charge in [-0.05, 0) is 32.6 Å². The molecule has 84 valence electrons. The van der Waals surface area contributed by atoms with Crippen LogP contribution in [0, 0.1) is 5.41 Å². The molecule has 0 unspecified atom stereocenters. The fourth-order valence-corrected chi connectivity index (χ4v) is 2.68. The van der Waals surface area contributed by atoms with Crippen LogP contribution in [0.15, 0.2) is 0 Å². The summed E-state index contributed by atoms with van der Waals surface area (Å²) in [5, 5.41) is 0. The zero-order chi connectivity index (χ0) is 11.1. The van der Waals surface area contributed by atoms with Crippen LogP contribution in [0.2, 0.25) is 0 Å². The molecule has 2 nitrogen and oxygen atoms in total. The second-order valence-corrected chi connectivity index (χ2v) is 6.63. The second kappa shape index (κ2) is 3.49. The number of hydrogen-bond donors (Lipinski definition) is 1. The van der Waals surface area contributed by atoms with Gasteiger partial charge in [0.25, 0.3) is 0 Å². The second-order valence-electron chi connectivity index (χ2n) is 6.63. The molecule has 0 bridgehead atoms. The highest BCUT2D eigenvalue weighted by Gasteiger charge is 2.43. The van der Waals surface area contributed by atoms with Crippen molar-refractivity contribution in [3.05, 3.63) is 0 Å². The topological polar surface area (TPSA) is 29.3 Å². The van der Waals surface area contributed by atoms with E-state index in [-0.39, 0.29) is 11.0 Å². The molecule has 1 fully saturated rings. The number of likely N-dealkylation sites (tertiary alicyclic amines) is 1. The van der Waals surface area contributed by atoms with Crippen LogP contribution in [0.25, 0.3) is 0 Å². The summed E-state index contributed by atoms with van der Waals surface area (Å²) in [6, 6.07) is 0.858. The maximum Gasteiger partial charge on any atom is 0.0301 e. The molecule has 0 amide bonds. The Morgan fingerprint density at radius 1 is 1.07 bits per heavy atom. The lowest BCUT2D eigenvalue weighted by Gasteiger charge is -2.44. The fourth-order valence-electron chi connectivity index (χ4n) is 2.68. The molecule has 1 rings (SSSR count). The highest BCUT2D eigenvalue weighted by Crippen LogP contribution is 2.36. The average Bonchev–Trinajstić information content (AvgIpc) is 2.27. The molecule has 2 heteroatoms. The Bertz CT molecular complexity index is 197. The van der Waals surface area contributed by atoms with Crippen LogP contribution in [-0.2, 0) is 0 Å². The smallest absolute Gasteiger partial charge is 0.0301 e. The minimum atomic E-state index is 0.242. The minimum Gasteiger partial charge on any atom is -0.326 e. The molecule has 1 aliphatic rings. The van der Waals surface area contributed by atoms with Crippen LogP contribution < -0.4 is 5.73 Å². The third-order valence-corrected chi connectivity index (χ3v) is 3.19. The van der Waals surface area contributed by atoms with Crippen LogP contribution >= 0.6 is 0 Å². The van der Waals surface area contributed by atoms with Gasteiger partial charge in [-0.1, -0.05) is 20.8 Å². The van der Waals surface area contributed by atoms with E-state index in [1.54, 1.807) is 0 Å². The quantitative estimate of drug-likeness (QED) is 0.647. The van der Waals surface area contributed by atoms with Gasteiger partial charge in [0.1, 0.15) is 0 Å². The van der Waals surface area contributed by atoms with Gasteiger partial charge in [-0.15, -0.1) is 0 Å². The molecule has 14 heavy (non-hydrogen) atoms. The highest BCUT2D eigenvalue weighted by molar-refractivity contribution is 5.00. The lowest BCUT2D eigenvalue weighted by atomic mass is 9.81. The van der Waals surface area contributed by atoms with Crippen molar-refractivity contribution in [3.63, 3.8) is 0 Å². The highest BCUT2D eigenvalue weighted by atomic mass is 15.3. The van der Waals surface area contributed by atoms with Gasteiger partial charge in [0.2, 0.25) is 0 Å². The van der Waals surface area contributed by atoms with Crippen LogP contribution in [0.5, 0.6) is 0 Å². The molecule has 0 aromatic rings. The molecule has 1 aliphatic heterocycles. The first-order valence-corrected chi connectivity index (χ1v) is 5.66. The summed E-state index contributed by atoms with van der Waals surface area (Å²) in [5.41, 5.74) is 6.73. The van der Waals surface area contributed by atoms with E-state index < -0.39 is 0 Å². The zero-order valence-electron chi connectivity index (χ0n) is 10.6. The molecule has 0 spiro atoms. The Balaban J connectivity index is 2.88. The minimum absolute atomic E-state index is 0.242. The summed E-state index contributed by atoms with van der Waals surface area (Å²) in [5.74, 6) is 0. The van der Waals surface area contributed by atoms with E-state index in [9.17, 15) is 0 Å². The van der Waals surface area contributed by atoms with E-state index in [4.69, 9.17) is 5.73 Å². The molecule has 1 saturated heterocycles. The summed E-state index contributed by atoms with van der Waals surface area (Å²) in [7, 11) is 0. The van der Waals surface area contributed by atoms with Gasteiger partial charge >= 0.3 is 0 Å². The molecular weight excluding hydrogens is 172 g/mol. The summed E-state index contributed by atoms with van der Waals surface area (Å²) >= 11 is 0. The van der Waals surface area contributed by atoms with E-state index in [1.807, 2.05) is 0 Å². The van der Waals surface area contributed by atoms with E-state index in [1.165, 1.54) is 0 Å². The molecule has 1 heterocycles. The maximum absolute atomic E-state index is 6.21. The number of rotatable bonds is 0. The number of nitrogens with zero attached hydrogens (tertiary/aromatic N) is 1.